The molecule has 0 bridgehead atoms. The van der Waals surface area contributed by atoms with Crippen LogP contribution in [0.1, 0.15) is 13.8 Å². The molecule has 1 heterocycles. The second-order valence-electron chi connectivity index (χ2n) is 7.67. The van der Waals surface area contributed by atoms with E-state index in [1.165, 1.54) is 5.32 Å². The van der Waals surface area contributed by atoms with Crippen LogP contribution >= 0.6 is 0 Å². The molecule has 0 aliphatic carbocycles. The highest BCUT2D eigenvalue weighted by molar-refractivity contribution is 6.07. The number of hydrogen-bond acceptors (Lipinski definition) is 4. The van der Waals surface area contributed by atoms with Crippen molar-refractivity contribution in [1.29, 1.82) is 0 Å². The number of fused-ring (bicyclic) bond motifs is 1. The van der Waals surface area contributed by atoms with Gasteiger partial charge in [0.1, 0.15) is 17.0 Å². The number of halogens is 9. The van der Waals surface area contributed by atoms with Gasteiger partial charge in [0.15, 0.2) is 6.04 Å². The lowest BCUT2D eigenvalue weighted by molar-refractivity contribution is -0.278. The number of anilines is 1. The summed E-state index contributed by atoms with van der Waals surface area (Å²) in [6, 6.07) is -0.386. The first-order valence-electron chi connectivity index (χ1n) is 9.15. The van der Waals surface area contributed by atoms with Crippen molar-refractivity contribution >= 4 is 23.4 Å². The number of carbonyl (C=O) groups is 3. The smallest absolute Gasteiger partial charge is 0.455 e. The molecule has 0 unspecified atom stereocenters. The molecule has 16 heteroatoms. The van der Waals surface area contributed by atoms with E-state index in [2.05, 4.69) is 0 Å². The third-order valence-electron chi connectivity index (χ3n) is 4.67. The van der Waals surface area contributed by atoms with E-state index in [9.17, 15) is 53.9 Å². The lowest BCUT2D eigenvalue weighted by atomic mass is 9.90. The molecule has 0 fully saturated rings. The number of carbonyl (C=O) groups excluding carboxylic acids is 3. The maximum Gasteiger partial charge on any atom is 0.455 e. The Morgan fingerprint density at radius 3 is 2.15 bits per heavy atom. The summed E-state index contributed by atoms with van der Waals surface area (Å²) in [5.74, 6) is -11.7. The summed E-state index contributed by atoms with van der Waals surface area (Å²) in [5.41, 5.74) is -3.01. The van der Waals surface area contributed by atoms with Crippen LogP contribution < -0.4 is 20.7 Å². The molecule has 34 heavy (non-hydrogen) atoms. The van der Waals surface area contributed by atoms with Crippen molar-refractivity contribution in [3.05, 3.63) is 24.0 Å². The average molecular weight is 509 g/mol. The quantitative estimate of drug-likeness (QED) is 0.420. The number of ether oxygens (including phenoxy) is 1. The zero-order valence-corrected chi connectivity index (χ0v) is 17.1. The van der Waals surface area contributed by atoms with E-state index in [-0.39, 0.29) is 0 Å². The van der Waals surface area contributed by atoms with Gasteiger partial charge in [-0.15, -0.1) is 0 Å². The Morgan fingerprint density at radius 2 is 1.62 bits per heavy atom. The molecule has 1 aliphatic rings. The summed E-state index contributed by atoms with van der Waals surface area (Å²) in [7, 11) is 0. The van der Waals surface area contributed by atoms with E-state index in [0.717, 1.165) is 12.1 Å². The summed E-state index contributed by atoms with van der Waals surface area (Å²) >= 11 is 0. The molecule has 190 valence electrons. The van der Waals surface area contributed by atoms with Crippen molar-refractivity contribution in [3.63, 3.8) is 0 Å². The van der Waals surface area contributed by atoms with Crippen molar-refractivity contribution < 1.29 is 58.6 Å². The fraction of sp³-hybridized carbons (Fsp3) is 0.500. The molecule has 0 saturated heterocycles. The van der Waals surface area contributed by atoms with Crippen LogP contribution in [-0.4, -0.2) is 54.7 Å². The van der Waals surface area contributed by atoms with E-state index < -0.39 is 77.4 Å². The second-order valence-corrected chi connectivity index (χ2v) is 7.67. The predicted octanol–water partition coefficient (Wildman–Crippen LogP) is 2.91. The molecule has 3 amide bonds. The van der Waals surface area contributed by atoms with Gasteiger partial charge in [-0.25, -0.2) is 4.39 Å². The molecule has 0 saturated carbocycles. The number of rotatable bonds is 5. The zero-order chi connectivity index (χ0) is 26.3. The maximum atomic E-state index is 13.6. The van der Waals surface area contributed by atoms with E-state index in [1.807, 2.05) is 5.32 Å². The van der Waals surface area contributed by atoms with Crippen LogP contribution in [0, 0.1) is 11.2 Å². The topological polar surface area (TPSA) is 96.5 Å². The van der Waals surface area contributed by atoms with Gasteiger partial charge < -0.3 is 20.7 Å². The standard InChI is InChI=1S/C18H16F9N3O4/c1-15(2,13(32)28-6-16(20,21)18(25,26)27)14(33)30-10-11(17(22,23)24)34-9-4-3-7(19)5-8(9)29-12(10)31/h3-5,10-11H,6H2,1-2H3,(H,28,32)(H,29,31)(H,30,33)/t10-,11-/m0/s1. The van der Waals surface area contributed by atoms with E-state index in [0.29, 0.717) is 19.9 Å². The minimum absolute atomic E-state index is 0.498. The van der Waals surface area contributed by atoms with Crippen molar-refractivity contribution in [1.82, 2.24) is 10.6 Å². The molecule has 1 aromatic carbocycles. The first-order chi connectivity index (χ1) is 15.3. The van der Waals surface area contributed by atoms with Crippen LogP contribution in [0.15, 0.2) is 18.2 Å². The van der Waals surface area contributed by atoms with E-state index >= 15 is 0 Å². The Bertz CT molecular complexity index is 976. The highest BCUT2D eigenvalue weighted by Crippen LogP contribution is 2.36. The van der Waals surface area contributed by atoms with Crippen LogP contribution in [0.2, 0.25) is 0 Å². The first-order valence-corrected chi connectivity index (χ1v) is 9.15. The molecular formula is C18H16F9N3O4. The van der Waals surface area contributed by atoms with Gasteiger partial charge in [-0.05, 0) is 26.0 Å². The number of amides is 3. The van der Waals surface area contributed by atoms with Crippen molar-refractivity contribution in [2.24, 2.45) is 5.41 Å². The summed E-state index contributed by atoms with van der Waals surface area (Å²) in [4.78, 5) is 37.0. The van der Waals surface area contributed by atoms with Gasteiger partial charge in [-0.3, -0.25) is 14.4 Å². The number of nitrogens with one attached hydrogen (secondary N) is 3. The van der Waals surface area contributed by atoms with Gasteiger partial charge in [0.05, 0.1) is 12.2 Å². The van der Waals surface area contributed by atoms with Crippen LogP contribution in [0.25, 0.3) is 0 Å². The molecule has 1 aromatic rings. The SMILES string of the molecule is CC(C)(C(=O)NCC(F)(F)C(F)(F)F)C(=O)N[C@@H]1C(=O)Nc2cc(F)ccc2O[C@@H]1C(F)(F)F. The molecule has 0 aromatic heterocycles. The molecule has 0 radical (unpaired) electrons. The molecular weight excluding hydrogens is 493 g/mol. The molecule has 2 atom stereocenters. The Kier molecular flexibility index (Phi) is 7.05. The van der Waals surface area contributed by atoms with Gasteiger partial charge in [-0.1, -0.05) is 0 Å². The maximum absolute atomic E-state index is 13.6. The first kappa shape index (κ1) is 27.0. The number of benzene rings is 1. The van der Waals surface area contributed by atoms with Crippen LogP contribution in [0.3, 0.4) is 0 Å². The minimum atomic E-state index is -6.02. The summed E-state index contributed by atoms with van der Waals surface area (Å²) in [6.07, 6.45) is -14.3. The van der Waals surface area contributed by atoms with Crippen LogP contribution in [-0.2, 0) is 14.4 Å². The van der Waals surface area contributed by atoms with Crippen molar-refractivity contribution in [2.75, 3.05) is 11.9 Å². The van der Waals surface area contributed by atoms with E-state index in [4.69, 9.17) is 4.74 Å². The predicted molar refractivity (Wildman–Crippen MR) is 95.2 cm³/mol. The molecule has 2 rings (SSSR count). The summed E-state index contributed by atoms with van der Waals surface area (Å²) in [6.45, 7) is -0.817. The fourth-order valence-corrected chi connectivity index (χ4v) is 2.59. The van der Waals surface area contributed by atoms with Gasteiger partial charge >= 0.3 is 18.3 Å². The van der Waals surface area contributed by atoms with Crippen molar-refractivity contribution in [3.8, 4) is 5.75 Å². The largest absolute Gasteiger partial charge is 0.476 e. The van der Waals surface area contributed by atoms with Gasteiger partial charge in [0, 0.05) is 6.07 Å². The molecule has 7 nitrogen and oxygen atoms in total. The Labute approximate surface area is 185 Å². The number of hydrogen-bond donors (Lipinski definition) is 3. The third-order valence-corrected chi connectivity index (χ3v) is 4.67. The number of alkyl halides is 8. The average Bonchev–Trinajstić information content (AvgIpc) is 2.81. The Morgan fingerprint density at radius 1 is 1.03 bits per heavy atom. The fourth-order valence-electron chi connectivity index (χ4n) is 2.59. The lowest BCUT2D eigenvalue weighted by Crippen LogP contribution is -2.61. The Hall–Kier alpha value is -3.20. The second kappa shape index (κ2) is 8.87. The normalized spacial score (nSPS) is 19.3. The van der Waals surface area contributed by atoms with E-state index in [1.54, 1.807) is 5.32 Å². The third kappa shape index (κ3) is 5.64. The molecule has 0 spiro atoms. The van der Waals surface area contributed by atoms with Gasteiger partial charge in [0.25, 0.3) is 5.91 Å². The van der Waals surface area contributed by atoms with Crippen LogP contribution in [0.5, 0.6) is 5.75 Å². The van der Waals surface area contributed by atoms with Gasteiger partial charge in [0.2, 0.25) is 17.9 Å². The van der Waals surface area contributed by atoms with Gasteiger partial charge in [-0.2, -0.15) is 35.1 Å². The van der Waals surface area contributed by atoms with Crippen LogP contribution in [0.4, 0.5) is 45.2 Å². The summed E-state index contributed by atoms with van der Waals surface area (Å²) < 4.78 is 122. The highest BCUT2D eigenvalue weighted by Gasteiger charge is 2.58. The Balaban J connectivity index is 2.26. The molecule has 3 N–H and O–H groups in total. The molecule has 1 aliphatic heterocycles. The zero-order valence-electron chi connectivity index (χ0n) is 17.1. The lowest BCUT2D eigenvalue weighted by Gasteiger charge is -2.30. The minimum Gasteiger partial charge on any atom is -0.476 e. The summed E-state index contributed by atoms with van der Waals surface area (Å²) in [5, 5.41) is 4.73. The highest BCUT2D eigenvalue weighted by atomic mass is 19.4. The van der Waals surface area contributed by atoms with Crippen molar-refractivity contribution in [2.45, 2.75) is 44.3 Å². The monoisotopic (exact) mass is 509 g/mol.